The lowest BCUT2D eigenvalue weighted by molar-refractivity contribution is 0.112. The zero-order valence-corrected chi connectivity index (χ0v) is 15.1. The van der Waals surface area contributed by atoms with Crippen LogP contribution in [0.4, 0.5) is 0 Å². The molecule has 132 valence electrons. The van der Waals surface area contributed by atoms with E-state index >= 15 is 0 Å². The maximum absolute atomic E-state index is 3.95. The Morgan fingerprint density at radius 2 is 0.923 bits per heavy atom. The van der Waals surface area contributed by atoms with E-state index in [4.69, 9.17) is 0 Å². The summed E-state index contributed by atoms with van der Waals surface area (Å²) in [6.45, 7) is 2.18. The molecule has 1 N–H and O–H groups in total. The molecule has 4 rings (SSSR count). The van der Waals surface area contributed by atoms with E-state index in [1.165, 1.54) is 36.0 Å². The molecule has 1 aliphatic rings. The van der Waals surface area contributed by atoms with Crippen LogP contribution in [0, 0.1) is 0 Å². The van der Waals surface area contributed by atoms with E-state index < -0.39 is 0 Å². The molecule has 2 nitrogen and oxygen atoms in total. The Hall–Kier alpha value is -2.42. The lowest BCUT2D eigenvalue weighted by atomic mass is 9.77. The summed E-state index contributed by atoms with van der Waals surface area (Å²) in [6, 6.07) is 32.5. The maximum atomic E-state index is 3.95. The Morgan fingerprint density at radius 1 is 0.538 bits per heavy atom. The molecule has 0 amide bonds. The van der Waals surface area contributed by atoms with Crippen LogP contribution in [0.15, 0.2) is 91.0 Å². The van der Waals surface area contributed by atoms with Crippen LogP contribution in [0.2, 0.25) is 0 Å². The van der Waals surface area contributed by atoms with Crippen molar-refractivity contribution in [3.63, 3.8) is 0 Å². The van der Waals surface area contributed by atoms with Gasteiger partial charge < -0.3 is 0 Å². The maximum Gasteiger partial charge on any atom is 0.107 e. The van der Waals surface area contributed by atoms with Crippen molar-refractivity contribution in [3.8, 4) is 0 Å². The standard InChI is InChI=1S/C24H26N2/c1-5-13-21(14-6-1)24(22-15-7-2-8-16-22,23-17-9-3-10-18-23)25-26-19-11-4-12-20-26/h1-3,5-10,13-18,25H,4,11-12,19-20H2. The van der Waals surface area contributed by atoms with Gasteiger partial charge in [0.15, 0.2) is 0 Å². The van der Waals surface area contributed by atoms with Crippen LogP contribution in [-0.2, 0) is 5.54 Å². The molecule has 2 heteroatoms. The van der Waals surface area contributed by atoms with Crippen molar-refractivity contribution >= 4 is 0 Å². The van der Waals surface area contributed by atoms with Crippen molar-refractivity contribution in [2.75, 3.05) is 13.1 Å². The quantitative estimate of drug-likeness (QED) is 0.659. The fourth-order valence-electron chi connectivity index (χ4n) is 4.00. The van der Waals surface area contributed by atoms with E-state index in [0.29, 0.717) is 0 Å². The van der Waals surface area contributed by atoms with Crippen LogP contribution in [0.3, 0.4) is 0 Å². The van der Waals surface area contributed by atoms with Gasteiger partial charge in [-0.05, 0) is 29.5 Å². The van der Waals surface area contributed by atoms with Gasteiger partial charge in [0.05, 0.1) is 0 Å². The molecular formula is C24H26N2. The fraction of sp³-hybridized carbons (Fsp3) is 0.250. The summed E-state index contributed by atoms with van der Waals surface area (Å²) in [4.78, 5) is 0. The summed E-state index contributed by atoms with van der Waals surface area (Å²) in [5, 5.41) is 2.41. The third kappa shape index (κ3) is 3.31. The van der Waals surface area contributed by atoms with Gasteiger partial charge in [-0.2, -0.15) is 0 Å². The van der Waals surface area contributed by atoms with E-state index in [9.17, 15) is 0 Å². The summed E-state index contributed by atoms with van der Waals surface area (Å²) in [7, 11) is 0. The van der Waals surface area contributed by atoms with Crippen molar-refractivity contribution in [3.05, 3.63) is 108 Å². The fourth-order valence-corrected chi connectivity index (χ4v) is 4.00. The first-order chi connectivity index (χ1) is 12.9. The number of hydrogen-bond donors (Lipinski definition) is 1. The van der Waals surface area contributed by atoms with Gasteiger partial charge in [0.2, 0.25) is 0 Å². The van der Waals surface area contributed by atoms with Gasteiger partial charge in [0.25, 0.3) is 0 Å². The molecule has 0 aliphatic carbocycles. The number of rotatable bonds is 5. The van der Waals surface area contributed by atoms with E-state index in [1.807, 2.05) is 0 Å². The average molecular weight is 342 g/mol. The average Bonchev–Trinajstić information content (AvgIpc) is 2.75. The largest absolute Gasteiger partial charge is 0.243 e. The Morgan fingerprint density at radius 3 is 1.31 bits per heavy atom. The van der Waals surface area contributed by atoms with Crippen molar-refractivity contribution < 1.29 is 0 Å². The van der Waals surface area contributed by atoms with Crippen LogP contribution in [0.25, 0.3) is 0 Å². The molecule has 0 radical (unpaired) electrons. The highest BCUT2D eigenvalue weighted by Crippen LogP contribution is 2.37. The first-order valence-electron chi connectivity index (χ1n) is 9.59. The van der Waals surface area contributed by atoms with E-state index in [2.05, 4.69) is 101 Å². The molecular weight excluding hydrogens is 316 g/mol. The molecule has 0 bridgehead atoms. The molecule has 0 spiro atoms. The Labute approximate surface area is 156 Å². The Kier molecular flexibility index (Phi) is 5.14. The monoisotopic (exact) mass is 342 g/mol. The summed E-state index contributed by atoms with van der Waals surface area (Å²) < 4.78 is 0. The Balaban J connectivity index is 1.90. The zero-order valence-electron chi connectivity index (χ0n) is 15.1. The summed E-state index contributed by atoms with van der Waals surface area (Å²) in [6.07, 6.45) is 3.83. The molecule has 0 unspecified atom stereocenters. The molecule has 0 atom stereocenters. The lowest BCUT2D eigenvalue weighted by Gasteiger charge is -2.42. The van der Waals surface area contributed by atoms with Gasteiger partial charge >= 0.3 is 0 Å². The predicted molar refractivity (Wildman–Crippen MR) is 108 cm³/mol. The van der Waals surface area contributed by atoms with Crippen LogP contribution in [0.1, 0.15) is 36.0 Å². The van der Waals surface area contributed by atoms with E-state index in [0.717, 1.165) is 13.1 Å². The highest BCUT2D eigenvalue weighted by Gasteiger charge is 2.37. The van der Waals surface area contributed by atoms with Crippen molar-refractivity contribution in [1.29, 1.82) is 0 Å². The molecule has 3 aromatic carbocycles. The third-order valence-electron chi connectivity index (χ3n) is 5.30. The second-order valence-corrected chi connectivity index (χ2v) is 7.01. The summed E-state index contributed by atoms with van der Waals surface area (Å²) >= 11 is 0. The predicted octanol–water partition coefficient (Wildman–Crippen LogP) is 4.97. The normalized spacial score (nSPS) is 15.7. The molecule has 26 heavy (non-hydrogen) atoms. The first-order valence-corrected chi connectivity index (χ1v) is 9.59. The van der Waals surface area contributed by atoms with Gasteiger partial charge in [0, 0.05) is 13.1 Å². The van der Waals surface area contributed by atoms with Gasteiger partial charge in [0.1, 0.15) is 5.54 Å². The lowest BCUT2D eigenvalue weighted by Crippen LogP contribution is -2.55. The minimum Gasteiger partial charge on any atom is -0.243 e. The van der Waals surface area contributed by atoms with Gasteiger partial charge in [-0.25, -0.2) is 10.4 Å². The number of piperidine rings is 1. The number of nitrogens with one attached hydrogen (secondary N) is 1. The Bertz CT molecular complexity index is 697. The van der Waals surface area contributed by atoms with Gasteiger partial charge in [-0.3, -0.25) is 0 Å². The SMILES string of the molecule is c1ccc(C(NN2CCCCC2)(c2ccccc2)c2ccccc2)cc1. The van der Waals surface area contributed by atoms with Gasteiger partial charge in [-0.15, -0.1) is 0 Å². The second kappa shape index (κ2) is 7.86. The van der Waals surface area contributed by atoms with Crippen LogP contribution in [-0.4, -0.2) is 18.1 Å². The number of hydrogen-bond acceptors (Lipinski definition) is 2. The van der Waals surface area contributed by atoms with E-state index in [1.54, 1.807) is 0 Å². The van der Waals surface area contributed by atoms with Crippen molar-refractivity contribution in [2.24, 2.45) is 0 Å². The number of benzene rings is 3. The molecule has 1 heterocycles. The molecule has 0 aromatic heterocycles. The summed E-state index contributed by atoms with van der Waals surface area (Å²) in [5.41, 5.74) is 7.36. The third-order valence-corrected chi connectivity index (χ3v) is 5.30. The van der Waals surface area contributed by atoms with Gasteiger partial charge in [-0.1, -0.05) is 97.4 Å². The number of hydrazine groups is 1. The smallest absolute Gasteiger partial charge is 0.107 e. The van der Waals surface area contributed by atoms with Crippen LogP contribution >= 0.6 is 0 Å². The minimum absolute atomic E-state index is 0.388. The first kappa shape index (κ1) is 17.0. The van der Waals surface area contributed by atoms with Crippen LogP contribution in [0.5, 0.6) is 0 Å². The molecule has 0 saturated carbocycles. The van der Waals surface area contributed by atoms with Crippen molar-refractivity contribution in [2.45, 2.75) is 24.8 Å². The van der Waals surface area contributed by atoms with Crippen LogP contribution < -0.4 is 5.43 Å². The highest BCUT2D eigenvalue weighted by atomic mass is 15.5. The molecule has 1 aliphatic heterocycles. The van der Waals surface area contributed by atoms with E-state index in [-0.39, 0.29) is 5.54 Å². The topological polar surface area (TPSA) is 15.3 Å². The zero-order chi connectivity index (χ0) is 17.7. The van der Waals surface area contributed by atoms with Crippen molar-refractivity contribution in [1.82, 2.24) is 10.4 Å². The molecule has 1 saturated heterocycles. The highest BCUT2D eigenvalue weighted by molar-refractivity contribution is 5.49. The second-order valence-electron chi connectivity index (χ2n) is 7.01. The molecule has 1 fully saturated rings. The summed E-state index contributed by atoms with van der Waals surface area (Å²) in [5.74, 6) is 0. The number of nitrogens with zero attached hydrogens (tertiary/aromatic N) is 1. The minimum atomic E-state index is -0.388. The molecule has 3 aromatic rings.